The van der Waals surface area contributed by atoms with Crippen LogP contribution in [-0.4, -0.2) is 0 Å². The van der Waals surface area contributed by atoms with Gasteiger partial charge in [-0.25, -0.2) is 8.78 Å². The summed E-state index contributed by atoms with van der Waals surface area (Å²) in [5.41, 5.74) is 0.823. The molecule has 1 atom stereocenters. The molecule has 0 fully saturated rings. The maximum Gasteiger partial charge on any atom is 0.140 e. The van der Waals surface area contributed by atoms with E-state index in [1.54, 1.807) is 6.07 Å². The molecular formula is C14H9ClF2N2. The van der Waals surface area contributed by atoms with E-state index in [2.05, 4.69) is 5.32 Å². The molecule has 1 unspecified atom stereocenters. The van der Waals surface area contributed by atoms with Gasteiger partial charge >= 0.3 is 0 Å². The Morgan fingerprint density at radius 1 is 1.11 bits per heavy atom. The van der Waals surface area contributed by atoms with Crippen LogP contribution in [-0.2, 0) is 0 Å². The molecule has 0 aliphatic heterocycles. The van der Waals surface area contributed by atoms with Gasteiger partial charge in [0, 0.05) is 10.7 Å². The Labute approximate surface area is 114 Å². The Hall–Kier alpha value is -2.12. The first-order valence-corrected chi connectivity index (χ1v) is 5.84. The monoisotopic (exact) mass is 278 g/mol. The molecule has 0 spiro atoms. The minimum absolute atomic E-state index is 0.205. The summed E-state index contributed by atoms with van der Waals surface area (Å²) in [6.07, 6.45) is 0. The molecule has 2 aromatic carbocycles. The molecule has 0 amide bonds. The van der Waals surface area contributed by atoms with Crippen LogP contribution in [0, 0.1) is 23.0 Å². The van der Waals surface area contributed by atoms with Gasteiger partial charge in [0.25, 0.3) is 0 Å². The third-order valence-corrected chi connectivity index (χ3v) is 2.70. The minimum Gasteiger partial charge on any atom is -0.366 e. The summed E-state index contributed by atoms with van der Waals surface area (Å²) in [6.45, 7) is 0. The lowest BCUT2D eigenvalue weighted by Gasteiger charge is -2.13. The molecule has 0 aromatic heterocycles. The Kier molecular flexibility index (Phi) is 3.98. The molecule has 0 radical (unpaired) electrons. The standard InChI is InChI=1S/C14H9ClF2N2/c15-10-4-9(5-12(17)6-10)14(8-18)19-13-3-1-2-11(16)7-13/h1-7,14,19H. The van der Waals surface area contributed by atoms with Gasteiger partial charge < -0.3 is 5.32 Å². The average Bonchev–Trinajstić information content (AvgIpc) is 2.34. The minimum atomic E-state index is -0.810. The zero-order valence-corrected chi connectivity index (χ0v) is 10.5. The molecule has 2 rings (SSSR count). The second-order valence-electron chi connectivity index (χ2n) is 3.92. The number of benzene rings is 2. The maximum atomic E-state index is 13.2. The second-order valence-corrected chi connectivity index (χ2v) is 4.36. The molecule has 2 nitrogen and oxygen atoms in total. The van der Waals surface area contributed by atoms with E-state index in [-0.39, 0.29) is 5.02 Å². The predicted octanol–water partition coefficient (Wildman–Crippen LogP) is 4.29. The van der Waals surface area contributed by atoms with Crippen LogP contribution in [0.3, 0.4) is 0 Å². The van der Waals surface area contributed by atoms with Crippen LogP contribution < -0.4 is 5.32 Å². The zero-order valence-electron chi connectivity index (χ0n) is 9.70. The van der Waals surface area contributed by atoms with Gasteiger partial charge in [0.05, 0.1) is 6.07 Å². The van der Waals surface area contributed by atoms with E-state index in [9.17, 15) is 8.78 Å². The number of nitrogens with zero attached hydrogens (tertiary/aromatic N) is 1. The van der Waals surface area contributed by atoms with Gasteiger partial charge in [-0.2, -0.15) is 5.26 Å². The van der Waals surface area contributed by atoms with Gasteiger partial charge in [0.2, 0.25) is 0 Å². The zero-order chi connectivity index (χ0) is 13.8. The highest BCUT2D eigenvalue weighted by atomic mass is 35.5. The van der Waals surface area contributed by atoms with Gasteiger partial charge in [-0.1, -0.05) is 17.7 Å². The van der Waals surface area contributed by atoms with Crippen molar-refractivity contribution in [2.24, 2.45) is 0 Å². The number of nitrogens with one attached hydrogen (secondary N) is 1. The van der Waals surface area contributed by atoms with Crippen LogP contribution in [0.4, 0.5) is 14.5 Å². The molecule has 2 aromatic rings. The summed E-state index contributed by atoms with van der Waals surface area (Å²) in [6, 6.07) is 10.7. The molecule has 0 aliphatic rings. The lowest BCUT2D eigenvalue weighted by Crippen LogP contribution is -2.09. The highest BCUT2D eigenvalue weighted by Gasteiger charge is 2.12. The number of nitriles is 1. The fraction of sp³-hybridized carbons (Fsp3) is 0.0714. The largest absolute Gasteiger partial charge is 0.366 e. The summed E-state index contributed by atoms with van der Waals surface area (Å²) in [7, 11) is 0. The number of halogens is 3. The lowest BCUT2D eigenvalue weighted by atomic mass is 10.1. The Morgan fingerprint density at radius 2 is 1.89 bits per heavy atom. The molecule has 96 valence electrons. The number of hydrogen-bond donors (Lipinski definition) is 1. The number of anilines is 1. The van der Waals surface area contributed by atoms with E-state index < -0.39 is 17.7 Å². The van der Waals surface area contributed by atoms with Crippen molar-refractivity contribution in [3.8, 4) is 6.07 Å². The summed E-state index contributed by atoms with van der Waals surface area (Å²) < 4.78 is 26.3. The molecule has 5 heteroatoms. The third-order valence-electron chi connectivity index (χ3n) is 2.48. The summed E-state index contributed by atoms with van der Waals surface area (Å²) in [5, 5.41) is 12.1. The second kappa shape index (κ2) is 5.68. The average molecular weight is 279 g/mol. The fourth-order valence-corrected chi connectivity index (χ4v) is 1.91. The topological polar surface area (TPSA) is 35.8 Å². The first-order chi connectivity index (χ1) is 9.08. The predicted molar refractivity (Wildman–Crippen MR) is 69.8 cm³/mol. The van der Waals surface area contributed by atoms with E-state index in [0.717, 1.165) is 6.07 Å². The van der Waals surface area contributed by atoms with Crippen LogP contribution in [0.2, 0.25) is 5.02 Å². The summed E-state index contributed by atoms with van der Waals surface area (Å²) >= 11 is 5.74. The summed E-state index contributed by atoms with van der Waals surface area (Å²) in [5.74, 6) is -0.942. The summed E-state index contributed by atoms with van der Waals surface area (Å²) in [4.78, 5) is 0. The van der Waals surface area contributed by atoms with E-state index in [4.69, 9.17) is 16.9 Å². The molecule has 19 heavy (non-hydrogen) atoms. The quantitative estimate of drug-likeness (QED) is 0.909. The van der Waals surface area contributed by atoms with Crippen molar-refractivity contribution in [2.45, 2.75) is 6.04 Å². The van der Waals surface area contributed by atoms with Gasteiger partial charge in [-0.15, -0.1) is 0 Å². The number of rotatable bonds is 3. The van der Waals surface area contributed by atoms with Gasteiger partial charge in [-0.05, 0) is 42.0 Å². The van der Waals surface area contributed by atoms with Crippen LogP contribution in [0.5, 0.6) is 0 Å². The fourth-order valence-electron chi connectivity index (χ4n) is 1.68. The molecule has 1 N–H and O–H groups in total. The lowest BCUT2D eigenvalue weighted by molar-refractivity contribution is 0.624. The molecule has 0 saturated heterocycles. The molecule has 0 heterocycles. The Morgan fingerprint density at radius 3 is 2.53 bits per heavy atom. The van der Waals surface area contributed by atoms with E-state index in [0.29, 0.717) is 11.3 Å². The Bertz CT molecular complexity index is 617. The van der Waals surface area contributed by atoms with E-state index in [1.807, 2.05) is 6.07 Å². The van der Waals surface area contributed by atoms with Crippen molar-refractivity contribution in [1.29, 1.82) is 5.26 Å². The van der Waals surface area contributed by atoms with E-state index in [1.165, 1.54) is 30.3 Å². The molecule has 0 bridgehead atoms. The molecule has 0 aliphatic carbocycles. The maximum absolute atomic E-state index is 13.2. The van der Waals surface area contributed by atoms with Crippen LogP contribution in [0.15, 0.2) is 42.5 Å². The van der Waals surface area contributed by atoms with Crippen LogP contribution in [0.25, 0.3) is 0 Å². The van der Waals surface area contributed by atoms with Crippen molar-refractivity contribution in [2.75, 3.05) is 5.32 Å². The van der Waals surface area contributed by atoms with Crippen molar-refractivity contribution >= 4 is 17.3 Å². The van der Waals surface area contributed by atoms with Gasteiger partial charge in [0.1, 0.15) is 17.7 Å². The number of hydrogen-bond acceptors (Lipinski definition) is 2. The van der Waals surface area contributed by atoms with Gasteiger partial charge in [-0.3, -0.25) is 0 Å². The van der Waals surface area contributed by atoms with Gasteiger partial charge in [0.15, 0.2) is 0 Å². The Balaban J connectivity index is 2.28. The van der Waals surface area contributed by atoms with Crippen molar-refractivity contribution < 1.29 is 8.78 Å². The van der Waals surface area contributed by atoms with E-state index >= 15 is 0 Å². The normalized spacial score (nSPS) is 11.7. The first kappa shape index (κ1) is 13.3. The van der Waals surface area contributed by atoms with Crippen LogP contribution in [0.1, 0.15) is 11.6 Å². The molecule has 0 saturated carbocycles. The smallest absolute Gasteiger partial charge is 0.140 e. The highest BCUT2D eigenvalue weighted by Crippen LogP contribution is 2.23. The third kappa shape index (κ3) is 3.43. The molecular weight excluding hydrogens is 270 g/mol. The van der Waals surface area contributed by atoms with Crippen LogP contribution >= 0.6 is 11.6 Å². The van der Waals surface area contributed by atoms with Crippen molar-refractivity contribution in [1.82, 2.24) is 0 Å². The van der Waals surface area contributed by atoms with Crippen molar-refractivity contribution in [3.63, 3.8) is 0 Å². The highest BCUT2D eigenvalue weighted by molar-refractivity contribution is 6.30. The van der Waals surface area contributed by atoms with Crippen molar-refractivity contribution in [3.05, 3.63) is 64.7 Å². The SMILES string of the molecule is N#CC(Nc1cccc(F)c1)c1cc(F)cc(Cl)c1. The first-order valence-electron chi connectivity index (χ1n) is 5.46.